The Balaban J connectivity index is 2.50. The van der Waals surface area contributed by atoms with E-state index in [0.29, 0.717) is 16.8 Å². The Morgan fingerprint density at radius 1 is 1.27 bits per heavy atom. The van der Waals surface area contributed by atoms with Crippen molar-refractivity contribution in [3.05, 3.63) is 62.7 Å². The molecule has 0 radical (unpaired) electrons. The van der Waals surface area contributed by atoms with Crippen LogP contribution in [-0.2, 0) is 6.42 Å². The number of aryl methyl sites for hydroxylation is 2. The minimum absolute atomic E-state index is 0.0540. The number of nitriles is 1. The smallest absolute Gasteiger partial charge is 0.296 e. The molecular formula is C17H17N3O2. The lowest BCUT2D eigenvalue weighted by Crippen LogP contribution is -2.03. The van der Waals surface area contributed by atoms with E-state index < -0.39 is 4.92 Å². The summed E-state index contributed by atoms with van der Waals surface area (Å²) in [5.74, 6) is 0. The summed E-state index contributed by atoms with van der Waals surface area (Å²) < 4.78 is 0. The number of nitrogens with one attached hydrogen (secondary N) is 1. The van der Waals surface area contributed by atoms with Gasteiger partial charge in [0.15, 0.2) is 0 Å². The van der Waals surface area contributed by atoms with Crippen LogP contribution in [0, 0.1) is 35.3 Å². The summed E-state index contributed by atoms with van der Waals surface area (Å²) in [5, 5.41) is 23.6. The topological polar surface area (TPSA) is 79.0 Å². The molecule has 0 saturated heterocycles. The van der Waals surface area contributed by atoms with Gasteiger partial charge in [0.1, 0.15) is 5.69 Å². The molecule has 0 amide bonds. The van der Waals surface area contributed by atoms with Crippen LogP contribution in [0.5, 0.6) is 0 Å². The quantitative estimate of drug-likeness (QED) is 0.670. The molecule has 0 bridgehead atoms. The SMILES string of the molecule is CCc1ccc(Nc2cc(C)c(C#N)c(C)c2[N+](=O)[O-])cc1. The molecule has 0 saturated carbocycles. The molecule has 112 valence electrons. The second kappa shape index (κ2) is 6.27. The van der Waals surface area contributed by atoms with Crippen molar-refractivity contribution < 1.29 is 4.92 Å². The number of nitro benzene ring substituents is 1. The fraction of sp³-hybridized carbons (Fsp3) is 0.235. The van der Waals surface area contributed by atoms with Gasteiger partial charge in [-0.05, 0) is 49.6 Å². The standard InChI is InChI=1S/C17H17N3O2/c1-4-13-5-7-14(8-6-13)19-16-9-11(2)15(10-18)12(3)17(16)20(21)22/h5-9,19H,4H2,1-3H3. The molecule has 0 unspecified atom stereocenters. The number of nitro groups is 1. The molecular weight excluding hydrogens is 278 g/mol. The molecule has 2 aromatic carbocycles. The Bertz CT molecular complexity index is 759. The maximum absolute atomic E-state index is 11.4. The monoisotopic (exact) mass is 295 g/mol. The first kappa shape index (κ1) is 15.5. The first-order valence-corrected chi connectivity index (χ1v) is 7.02. The first-order chi connectivity index (χ1) is 10.5. The van der Waals surface area contributed by atoms with Crippen molar-refractivity contribution in [3.63, 3.8) is 0 Å². The predicted molar refractivity (Wildman–Crippen MR) is 86.4 cm³/mol. The number of hydrogen-bond donors (Lipinski definition) is 1. The van der Waals surface area contributed by atoms with Gasteiger partial charge < -0.3 is 5.32 Å². The van der Waals surface area contributed by atoms with Crippen LogP contribution in [-0.4, -0.2) is 4.92 Å². The third-order valence-corrected chi connectivity index (χ3v) is 3.68. The van der Waals surface area contributed by atoms with E-state index in [1.807, 2.05) is 30.3 Å². The van der Waals surface area contributed by atoms with Gasteiger partial charge in [0, 0.05) is 11.3 Å². The minimum Gasteiger partial charge on any atom is -0.350 e. The zero-order chi connectivity index (χ0) is 16.3. The fourth-order valence-electron chi connectivity index (χ4n) is 2.46. The van der Waals surface area contributed by atoms with Gasteiger partial charge in [-0.2, -0.15) is 5.26 Å². The van der Waals surface area contributed by atoms with Gasteiger partial charge in [0.05, 0.1) is 16.6 Å². The van der Waals surface area contributed by atoms with Crippen LogP contribution >= 0.6 is 0 Å². The highest BCUT2D eigenvalue weighted by Crippen LogP contribution is 2.34. The highest BCUT2D eigenvalue weighted by atomic mass is 16.6. The molecule has 0 aliphatic carbocycles. The lowest BCUT2D eigenvalue weighted by atomic mass is 10.0. The van der Waals surface area contributed by atoms with E-state index in [1.165, 1.54) is 5.56 Å². The number of benzene rings is 2. The zero-order valence-corrected chi connectivity index (χ0v) is 12.8. The number of hydrogen-bond acceptors (Lipinski definition) is 4. The molecule has 0 spiro atoms. The number of anilines is 2. The average Bonchev–Trinajstić information content (AvgIpc) is 2.47. The van der Waals surface area contributed by atoms with E-state index >= 15 is 0 Å². The van der Waals surface area contributed by atoms with E-state index in [1.54, 1.807) is 19.9 Å². The molecule has 0 aliphatic heterocycles. The van der Waals surface area contributed by atoms with Crippen LogP contribution in [0.25, 0.3) is 0 Å². The van der Waals surface area contributed by atoms with Crippen molar-refractivity contribution in [1.82, 2.24) is 0 Å². The molecule has 0 aliphatic rings. The van der Waals surface area contributed by atoms with E-state index in [0.717, 1.165) is 17.7 Å². The normalized spacial score (nSPS) is 10.1. The molecule has 5 nitrogen and oxygen atoms in total. The van der Waals surface area contributed by atoms with Gasteiger partial charge in [-0.1, -0.05) is 19.1 Å². The maximum Gasteiger partial charge on any atom is 0.296 e. The summed E-state index contributed by atoms with van der Waals surface area (Å²) in [6.07, 6.45) is 0.940. The van der Waals surface area contributed by atoms with E-state index in [4.69, 9.17) is 5.26 Å². The second-order valence-corrected chi connectivity index (χ2v) is 5.13. The van der Waals surface area contributed by atoms with E-state index in [9.17, 15) is 10.1 Å². The van der Waals surface area contributed by atoms with Crippen molar-refractivity contribution in [3.8, 4) is 6.07 Å². The summed E-state index contributed by atoms with van der Waals surface area (Å²) >= 11 is 0. The lowest BCUT2D eigenvalue weighted by Gasteiger charge is -2.12. The van der Waals surface area contributed by atoms with Gasteiger partial charge in [0.2, 0.25) is 0 Å². The minimum atomic E-state index is -0.446. The van der Waals surface area contributed by atoms with Crippen LogP contribution < -0.4 is 5.32 Å². The molecule has 5 heteroatoms. The molecule has 0 heterocycles. The Morgan fingerprint density at radius 2 is 1.91 bits per heavy atom. The molecule has 1 N–H and O–H groups in total. The van der Waals surface area contributed by atoms with E-state index in [2.05, 4.69) is 12.2 Å². The Labute approximate surface area is 129 Å². The van der Waals surface area contributed by atoms with Gasteiger partial charge in [-0.25, -0.2) is 0 Å². The predicted octanol–water partition coefficient (Wildman–Crippen LogP) is 4.39. The largest absolute Gasteiger partial charge is 0.350 e. The molecule has 22 heavy (non-hydrogen) atoms. The van der Waals surface area contributed by atoms with E-state index in [-0.39, 0.29) is 5.69 Å². The van der Waals surface area contributed by atoms with Crippen molar-refractivity contribution >= 4 is 17.1 Å². The van der Waals surface area contributed by atoms with Gasteiger partial charge in [-0.3, -0.25) is 10.1 Å². The summed E-state index contributed by atoms with van der Waals surface area (Å²) in [4.78, 5) is 10.9. The van der Waals surface area contributed by atoms with Crippen LogP contribution in [0.2, 0.25) is 0 Å². The third-order valence-electron chi connectivity index (χ3n) is 3.68. The maximum atomic E-state index is 11.4. The van der Waals surface area contributed by atoms with Gasteiger partial charge in [-0.15, -0.1) is 0 Å². The summed E-state index contributed by atoms with van der Waals surface area (Å²) in [6, 6.07) is 11.4. The highest BCUT2D eigenvalue weighted by molar-refractivity contribution is 5.75. The third kappa shape index (κ3) is 2.91. The van der Waals surface area contributed by atoms with Crippen LogP contribution in [0.3, 0.4) is 0 Å². The summed E-state index contributed by atoms with van der Waals surface area (Å²) in [5.41, 5.74) is 3.80. The van der Waals surface area contributed by atoms with Gasteiger partial charge in [0.25, 0.3) is 5.69 Å². The lowest BCUT2D eigenvalue weighted by molar-refractivity contribution is -0.384. The highest BCUT2D eigenvalue weighted by Gasteiger charge is 2.22. The Morgan fingerprint density at radius 3 is 2.41 bits per heavy atom. The molecule has 2 aromatic rings. The second-order valence-electron chi connectivity index (χ2n) is 5.13. The van der Waals surface area contributed by atoms with Crippen molar-refractivity contribution in [2.45, 2.75) is 27.2 Å². The molecule has 0 atom stereocenters. The molecule has 0 aromatic heterocycles. The Hall–Kier alpha value is -2.87. The van der Waals surface area contributed by atoms with Crippen molar-refractivity contribution in [2.75, 3.05) is 5.32 Å². The first-order valence-electron chi connectivity index (χ1n) is 7.02. The van der Waals surface area contributed by atoms with Crippen LogP contribution in [0.4, 0.5) is 17.1 Å². The van der Waals surface area contributed by atoms with Crippen molar-refractivity contribution in [1.29, 1.82) is 5.26 Å². The number of rotatable bonds is 4. The summed E-state index contributed by atoms with van der Waals surface area (Å²) in [6.45, 7) is 5.45. The molecule has 2 rings (SSSR count). The van der Waals surface area contributed by atoms with Gasteiger partial charge >= 0.3 is 0 Å². The fourth-order valence-corrected chi connectivity index (χ4v) is 2.46. The Kier molecular flexibility index (Phi) is 4.42. The summed E-state index contributed by atoms with van der Waals surface area (Å²) in [7, 11) is 0. The molecule has 0 fully saturated rings. The zero-order valence-electron chi connectivity index (χ0n) is 12.8. The number of nitrogens with zero attached hydrogens (tertiary/aromatic N) is 2. The van der Waals surface area contributed by atoms with Crippen LogP contribution in [0.1, 0.15) is 29.2 Å². The van der Waals surface area contributed by atoms with Crippen LogP contribution in [0.15, 0.2) is 30.3 Å². The van der Waals surface area contributed by atoms with Crippen molar-refractivity contribution in [2.24, 2.45) is 0 Å². The average molecular weight is 295 g/mol.